The largest absolute Gasteiger partial charge is 0.332 e. The van der Waals surface area contributed by atoms with Crippen molar-refractivity contribution in [3.63, 3.8) is 0 Å². The highest BCUT2D eigenvalue weighted by molar-refractivity contribution is 6.31. The van der Waals surface area contributed by atoms with Gasteiger partial charge >= 0.3 is 6.03 Å². The fourth-order valence-electron chi connectivity index (χ4n) is 4.22. The molecule has 2 atom stereocenters. The Morgan fingerprint density at radius 3 is 2.55 bits per heavy atom. The number of anilines is 2. The molecule has 2 unspecified atom stereocenters. The zero-order chi connectivity index (χ0) is 20.4. The average molecular weight is 412 g/mol. The smallest absolute Gasteiger partial charge is 0.325 e. The first-order valence-corrected chi connectivity index (χ1v) is 10.2. The number of imide groups is 1. The number of hydrogen-bond donors (Lipinski definition) is 1. The summed E-state index contributed by atoms with van der Waals surface area (Å²) < 4.78 is 0. The molecular weight excluding hydrogens is 390 g/mol. The molecule has 1 aliphatic carbocycles. The Balaban J connectivity index is 1.61. The van der Waals surface area contributed by atoms with E-state index in [0.29, 0.717) is 22.8 Å². The monoisotopic (exact) mass is 411 g/mol. The van der Waals surface area contributed by atoms with E-state index in [1.807, 2.05) is 18.2 Å². The number of nitrogens with zero attached hydrogens (tertiary/aromatic N) is 2. The van der Waals surface area contributed by atoms with E-state index in [1.54, 1.807) is 41.3 Å². The molecule has 2 fully saturated rings. The van der Waals surface area contributed by atoms with E-state index in [0.717, 1.165) is 19.3 Å². The van der Waals surface area contributed by atoms with Crippen molar-refractivity contribution in [3.05, 3.63) is 59.6 Å². The Bertz CT molecular complexity index is 934. The maximum atomic E-state index is 13.3. The number of urea groups is 1. The first-order valence-electron chi connectivity index (χ1n) is 9.79. The van der Waals surface area contributed by atoms with Crippen molar-refractivity contribution in [3.8, 4) is 0 Å². The Morgan fingerprint density at radius 2 is 1.79 bits per heavy atom. The number of carbonyl (C=O) groups is 3. The van der Waals surface area contributed by atoms with Crippen LogP contribution in [0, 0.1) is 5.92 Å². The molecule has 0 radical (unpaired) electrons. The molecular formula is C22H22ClN3O3. The zero-order valence-electron chi connectivity index (χ0n) is 15.9. The molecule has 2 aromatic rings. The van der Waals surface area contributed by atoms with Gasteiger partial charge in [-0.05, 0) is 43.2 Å². The fraction of sp³-hybridized carbons (Fsp3) is 0.318. The molecule has 150 valence electrons. The van der Waals surface area contributed by atoms with E-state index in [1.165, 1.54) is 4.90 Å². The summed E-state index contributed by atoms with van der Waals surface area (Å²) in [7, 11) is 0. The zero-order valence-corrected chi connectivity index (χ0v) is 16.6. The Labute approximate surface area is 174 Å². The van der Waals surface area contributed by atoms with E-state index in [2.05, 4.69) is 5.32 Å². The molecule has 0 aromatic heterocycles. The van der Waals surface area contributed by atoms with E-state index < -0.39 is 6.03 Å². The minimum atomic E-state index is -0.469. The molecule has 0 spiro atoms. The predicted octanol–water partition coefficient (Wildman–Crippen LogP) is 4.31. The molecule has 4 rings (SSSR count). The van der Waals surface area contributed by atoms with Crippen molar-refractivity contribution in [1.29, 1.82) is 0 Å². The quantitative estimate of drug-likeness (QED) is 0.815. The highest BCUT2D eigenvalue weighted by Crippen LogP contribution is 2.36. The molecule has 2 aromatic carbocycles. The maximum Gasteiger partial charge on any atom is 0.332 e. The van der Waals surface area contributed by atoms with Crippen LogP contribution in [-0.2, 0) is 9.59 Å². The third-order valence-corrected chi connectivity index (χ3v) is 5.78. The number of nitrogens with one attached hydrogen (secondary N) is 1. The van der Waals surface area contributed by atoms with Gasteiger partial charge in [0, 0.05) is 16.8 Å². The van der Waals surface area contributed by atoms with Gasteiger partial charge in [-0.15, -0.1) is 0 Å². The van der Waals surface area contributed by atoms with Gasteiger partial charge in [0.25, 0.3) is 0 Å². The van der Waals surface area contributed by atoms with E-state index in [4.69, 9.17) is 11.6 Å². The van der Waals surface area contributed by atoms with Crippen LogP contribution in [0.15, 0.2) is 54.6 Å². The van der Waals surface area contributed by atoms with Crippen LogP contribution in [0.25, 0.3) is 0 Å². The molecule has 1 saturated carbocycles. The Morgan fingerprint density at radius 1 is 1.03 bits per heavy atom. The fourth-order valence-corrected chi connectivity index (χ4v) is 4.40. The first kappa shape index (κ1) is 19.5. The number of carbonyl (C=O) groups excluding carboxylic acids is 3. The number of fused-ring (bicyclic) bond motifs is 1. The summed E-state index contributed by atoms with van der Waals surface area (Å²) in [5.74, 6) is -0.791. The lowest BCUT2D eigenvalue weighted by Crippen LogP contribution is -2.64. The van der Waals surface area contributed by atoms with Gasteiger partial charge in [0.1, 0.15) is 6.54 Å². The highest BCUT2D eigenvalue weighted by Gasteiger charge is 2.48. The average Bonchev–Trinajstić information content (AvgIpc) is 2.72. The van der Waals surface area contributed by atoms with Crippen molar-refractivity contribution >= 4 is 40.8 Å². The summed E-state index contributed by atoms with van der Waals surface area (Å²) in [4.78, 5) is 41.8. The summed E-state index contributed by atoms with van der Waals surface area (Å²) in [5.41, 5.74) is 1.11. The normalized spacial score (nSPS) is 21.7. The van der Waals surface area contributed by atoms with Gasteiger partial charge in [0.2, 0.25) is 11.8 Å². The lowest BCUT2D eigenvalue weighted by atomic mass is 9.81. The molecule has 1 N–H and O–H groups in total. The number of halogens is 1. The summed E-state index contributed by atoms with van der Waals surface area (Å²) in [5, 5.41) is 3.27. The molecule has 6 nitrogen and oxygen atoms in total. The summed E-state index contributed by atoms with van der Waals surface area (Å²) in [6.07, 6.45) is 3.32. The van der Waals surface area contributed by atoms with Gasteiger partial charge in [-0.2, -0.15) is 0 Å². The van der Waals surface area contributed by atoms with E-state index >= 15 is 0 Å². The van der Waals surface area contributed by atoms with Gasteiger partial charge in [0.15, 0.2) is 0 Å². The predicted molar refractivity (Wildman–Crippen MR) is 112 cm³/mol. The van der Waals surface area contributed by atoms with Crippen LogP contribution in [0.4, 0.5) is 16.2 Å². The van der Waals surface area contributed by atoms with E-state index in [9.17, 15) is 14.4 Å². The van der Waals surface area contributed by atoms with Crippen LogP contribution in [-0.4, -0.2) is 35.3 Å². The Kier molecular flexibility index (Phi) is 5.53. The van der Waals surface area contributed by atoms with Gasteiger partial charge in [-0.3, -0.25) is 9.59 Å². The third kappa shape index (κ3) is 3.98. The van der Waals surface area contributed by atoms with Crippen molar-refractivity contribution in [2.45, 2.75) is 31.7 Å². The second-order valence-corrected chi connectivity index (χ2v) is 7.87. The topological polar surface area (TPSA) is 69.7 Å². The van der Waals surface area contributed by atoms with Crippen LogP contribution in [0.1, 0.15) is 25.7 Å². The number of rotatable bonds is 4. The molecule has 29 heavy (non-hydrogen) atoms. The molecule has 2 aliphatic rings. The minimum Gasteiger partial charge on any atom is -0.325 e. The van der Waals surface area contributed by atoms with Crippen LogP contribution < -0.4 is 10.2 Å². The van der Waals surface area contributed by atoms with Crippen molar-refractivity contribution in [2.24, 2.45) is 5.92 Å². The summed E-state index contributed by atoms with van der Waals surface area (Å²) in [6.45, 7) is -0.0980. The van der Waals surface area contributed by atoms with Gasteiger partial charge < -0.3 is 10.2 Å². The summed E-state index contributed by atoms with van der Waals surface area (Å²) in [6, 6.07) is 15.1. The van der Waals surface area contributed by atoms with Crippen LogP contribution in [0.5, 0.6) is 0 Å². The SMILES string of the molecule is O=C(CN1C(=O)N(c2cccc(Cl)c2)C(=O)C2CCCCC21)Nc1ccccc1. The van der Waals surface area contributed by atoms with Crippen molar-refractivity contribution in [1.82, 2.24) is 4.90 Å². The van der Waals surface area contributed by atoms with Gasteiger partial charge in [-0.25, -0.2) is 9.69 Å². The maximum absolute atomic E-state index is 13.3. The number of amides is 4. The Hall–Kier alpha value is -2.86. The van der Waals surface area contributed by atoms with Crippen LogP contribution in [0.2, 0.25) is 5.02 Å². The third-order valence-electron chi connectivity index (χ3n) is 5.54. The molecule has 7 heteroatoms. The van der Waals surface area contributed by atoms with Crippen LogP contribution in [0.3, 0.4) is 0 Å². The number of para-hydroxylation sites is 1. The molecule has 4 amide bonds. The van der Waals surface area contributed by atoms with Gasteiger partial charge in [0.05, 0.1) is 11.6 Å². The second kappa shape index (κ2) is 8.25. The minimum absolute atomic E-state index is 0.0980. The van der Waals surface area contributed by atoms with Crippen LogP contribution >= 0.6 is 11.6 Å². The summed E-state index contributed by atoms with van der Waals surface area (Å²) >= 11 is 6.08. The van der Waals surface area contributed by atoms with Gasteiger partial charge in [-0.1, -0.05) is 48.7 Å². The number of benzene rings is 2. The highest BCUT2D eigenvalue weighted by atomic mass is 35.5. The van der Waals surface area contributed by atoms with E-state index in [-0.39, 0.29) is 30.3 Å². The number of hydrogen-bond acceptors (Lipinski definition) is 3. The molecule has 1 aliphatic heterocycles. The first-order chi connectivity index (χ1) is 14.0. The molecule has 1 saturated heterocycles. The second-order valence-electron chi connectivity index (χ2n) is 7.44. The lowest BCUT2D eigenvalue weighted by Gasteiger charge is -2.46. The molecule has 0 bridgehead atoms. The standard InChI is InChI=1S/C22H22ClN3O3/c23-15-7-6-10-17(13-15)26-21(28)18-11-4-5-12-19(18)25(22(26)29)14-20(27)24-16-8-2-1-3-9-16/h1-3,6-10,13,18-19H,4-5,11-12,14H2,(H,24,27). The van der Waals surface area contributed by atoms with Crippen molar-refractivity contribution in [2.75, 3.05) is 16.8 Å². The molecule has 1 heterocycles. The van der Waals surface area contributed by atoms with Crippen molar-refractivity contribution < 1.29 is 14.4 Å². The lowest BCUT2D eigenvalue weighted by molar-refractivity contribution is -0.128.